The van der Waals surface area contributed by atoms with Gasteiger partial charge < -0.3 is 9.47 Å². The van der Waals surface area contributed by atoms with Gasteiger partial charge in [-0.25, -0.2) is 9.37 Å². The molecular weight excluding hydrogens is 376 g/mol. The molecule has 0 saturated heterocycles. The Bertz CT molecular complexity index is 943. The van der Waals surface area contributed by atoms with Crippen molar-refractivity contribution in [3.8, 4) is 11.3 Å². The third kappa shape index (κ3) is 3.32. The summed E-state index contributed by atoms with van der Waals surface area (Å²) in [7, 11) is 0. The topological polar surface area (TPSA) is 38.1 Å². The lowest BCUT2D eigenvalue weighted by atomic mass is 10.1. The number of nitrogens with zero attached hydrogens (tertiary/aromatic N) is 3. The van der Waals surface area contributed by atoms with Crippen molar-refractivity contribution in [3.05, 3.63) is 77.0 Å². The minimum absolute atomic E-state index is 0. The van der Waals surface area contributed by atoms with Crippen molar-refractivity contribution in [2.75, 3.05) is 6.54 Å². The SMILES string of the molecule is Cl.O=C(c1ccc(F)cc1Cl)N1CCn2c(-c3ccccc3)cnc2C1. The zero-order valence-corrected chi connectivity index (χ0v) is 15.3. The van der Waals surface area contributed by atoms with Crippen LogP contribution >= 0.6 is 24.0 Å². The highest BCUT2D eigenvalue weighted by molar-refractivity contribution is 6.33. The van der Waals surface area contributed by atoms with Crippen LogP contribution in [0.2, 0.25) is 5.02 Å². The molecule has 1 aliphatic rings. The zero-order valence-electron chi connectivity index (χ0n) is 13.7. The number of halogens is 3. The molecule has 0 spiro atoms. The number of aromatic nitrogens is 2. The van der Waals surface area contributed by atoms with E-state index < -0.39 is 5.82 Å². The summed E-state index contributed by atoms with van der Waals surface area (Å²) >= 11 is 6.02. The van der Waals surface area contributed by atoms with Crippen molar-refractivity contribution < 1.29 is 9.18 Å². The predicted molar refractivity (Wildman–Crippen MR) is 101 cm³/mol. The van der Waals surface area contributed by atoms with Crippen LogP contribution in [-0.4, -0.2) is 26.9 Å². The molecule has 26 heavy (non-hydrogen) atoms. The molecule has 134 valence electrons. The maximum Gasteiger partial charge on any atom is 0.255 e. The Morgan fingerprint density at radius 2 is 1.88 bits per heavy atom. The third-order valence-electron chi connectivity index (χ3n) is 4.38. The molecule has 0 saturated carbocycles. The zero-order chi connectivity index (χ0) is 17.4. The lowest BCUT2D eigenvalue weighted by Gasteiger charge is -2.29. The van der Waals surface area contributed by atoms with Crippen LogP contribution in [0.25, 0.3) is 11.3 Å². The van der Waals surface area contributed by atoms with Crippen LogP contribution in [0.15, 0.2) is 54.7 Å². The fourth-order valence-electron chi connectivity index (χ4n) is 3.11. The van der Waals surface area contributed by atoms with Crippen molar-refractivity contribution in [2.45, 2.75) is 13.1 Å². The second-order valence-electron chi connectivity index (χ2n) is 5.93. The number of fused-ring (bicyclic) bond motifs is 1. The summed E-state index contributed by atoms with van der Waals surface area (Å²) in [5, 5.41) is 0.129. The number of rotatable bonds is 2. The van der Waals surface area contributed by atoms with Crippen LogP contribution in [-0.2, 0) is 13.1 Å². The number of benzene rings is 2. The minimum atomic E-state index is -0.455. The maximum absolute atomic E-state index is 13.2. The van der Waals surface area contributed by atoms with E-state index in [-0.39, 0.29) is 23.3 Å². The summed E-state index contributed by atoms with van der Waals surface area (Å²) in [6, 6.07) is 13.9. The highest BCUT2D eigenvalue weighted by Gasteiger charge is 2.25. The van der Waals surface area contributed by atoms with Gasteiger partial charge in [-0.15, -0.1) is 12.4 Å². The van der Waals surface area contributed by atoms with E-state index in [4.69, 9.17) is 11.6 Å². The van der Waals surface area contributed by atoms with Crippen LogP contribution in [0.4, 0.5) is 4.39 Å². The van der Waals surface area contributed by atoms with E-state index in [1.54, 1.807) is 4.90 Å². The highest BCUT2D eigenvalue weighted by atomic mass is 35.5. The Hall–Kier alpha value is -2.37. The summed E-state index contributed by atoms with van der Waals surface area (Å²) < 4.78 is 15.3. The van der Waals surface area contributed by atoms with E-state index in [0.717, 1.165) is 23.1 Å². The van der Waals surface area contributed by atoms with E-state index in [1.807, 2.05) is 36.5 Å². The van der Waals surface area contributed by atoms with Crippen LogP contribution < -0.4 is 0 Å². The molecule has 4 rings (SSSR count). The second kappa shape index (κ2) is 7.48. The number of amides is 1. The average Bonchev–Trinajstić information content (AvgIpc) is 3.05. The Balaban J connectivity index is 0.00000196. The van der Waals surface area contributed by atoms with Crippen LogP contribution in [0.1, 0.15) is 16.2 Å². The molecule has 0 radical (unpaired) electrons. The summed E-state index contributed by atoms with van der Waals surface area (Å²) in [4.78, 5) is 18.9. The van der Waals surface area contributed by atoms with E-state index in [1.165, 1.54) is 12.1 Å². The molecule has 1 amide bonds. The molecule has 7 heteroatoms. The van der Waals surface area contributed by atoms with Crippen LogP contribution in [0.5, 0.6) is 0 Å². The van der Waals surface area contributed by atoms with Crippen molar-refractivity contribution in [3.63, 3.8) is 0 Å². The molecule has 0 N–H and O–H groups in total. The normalized spacial score (nSPS) is 13.1. The summed E-state index contributed by atoms with van der Waals surface area (Å²) in [5.41, 5.74) is 2.46. The molecule has 0 fully saturated rings. The largest absolute Gasteiger partial charge is 0.329 e. The monoisotopic (exact) mass is 391 g/mol. The van der Waals surface area contributed by atoms with E-state index in [2.05, 4.69) is 9.55 Å². The molecule has 0 atom stereocenters. The quantitative estimate of drug-likeness (QED) is 0.648. The lowest BCUT2D eigenvalue weighted by Crippen LogP contribution is -2.38. The molecular formula is C19H16Cl2FN3O. The van der Waals surface area contributed by atoms with Gasteiger partial charge in [-0.3, -0.25) is 4.79 Å². The predicted octanol–water partition coefficient (Wildman–Crippen LogP) is 4.42. The van der Waals surface area contributed by atoms with Gasteiger partial charge in [-0.05, 0) is 23.8 Å². The Morgan fingerprint density at radius 3 is 2.62 bits per heavy atom. The molecule has 0 unspecified atom stereocenters. The summed E-state index contributed by atoms with van der Waals surface area (Å²) in [5.74, 6) is 0.167. The van der Waals surface area contributed by atoms with Crippen LogP contribution in [0, 0.1) is 5.82 Å². The molecule has 0 aliphatic carbocycles. The third-order valence-corrected chi connectivity index (χ3v) is 4.70. The molecule has 2 heterocycles. The summed E-state index contributed by atoms with van der Waals surface area (Å²) in [6.45, 7) is 1.61. The van der Waals surface area contributed by atoms with Gasteiger partial charge in [0.05, 0.1) is 29.0 Å². The number of hydrogen-bond acceptors (Lipinski definition) is 2. The molecule has 3 aromatic rings. The van der Waals surface area contributed by atoms with Gasteiger partial charge in [0, 0.05) is 13.1 Å². The summed E-state index contributed by atoms with van der Waals surface area (Å²) in [6.07, 6.45) is 1.84. The van der Waals surface area contributed by atoms with Gasteiger partial charge in [0.1, 0.15) is 11.6 Å². The first-order valence-corrected chi connectivity index (χ1v) is 8.35. The Kier molecular flexibility index (Phi) is 5.30. The van der Waals surface area contributed by atoms with Crippen molar-refractivity contribution in [2.24, 2.45) is 0 Å². The number of carbonyl (C=O) groups is 1. The molecule has 2 aromatic carbocycles. The standard InChI is InChI=1S/C19H15ClFN3O.ClH/c20-16-10-14(21)6-7-15(16)19(25)23-8-9-24-17(11-22-18(24)12-23)13-4-2-1-3-5-13;/h1-7,10-11H,8-9,12H2;1H. The minimum Gasteiger partial charge on any atom is -0.329 e. The highest BCUT2D eigenvalue weighted by Crippen LogP contribution is 2.26. The van der Waals surface area contributed by atoms with Crippen molar-refractivity contribution >= 4 is 29.9 Å². The smallest absolute Gasteiger partial charge is 0.255 e. The fourth-order valence-corrected chi connectivity index (χ4v) is 3.35. The Labute approximate surface area is 161 Å². The first-order valence-electron chi connectivity index (χ1n) is 7.97. The average molecular weight is 392 g/mol. The van der Waals surface area contributed by atoms with Crippen molar-refractivity contribution in [1.29, 1.82) is 0 Å². The van der Waals surface area contributed by atoms with E-state index >= 15 is 0 Å². The van der Waals surface area contributed by atoms with Gasteiger partial charge in [0.2, 0.25) is 0 Å². The first kappa shape index (κ1) is 18.4. The Morgan fingerprint density at radius 1 is 1.12 bits per heavy atom. The molecule has 1 aromatic heterocycles. The molecule has 0 bridgehead atoms. The molecule has 1 aliphatic heterocycles. The van der Waals surface area contributed by atoms with Crippen molar-refractivity contribution in [1.82, 2.24) is 14.5 Å². The van der Waals surface area contributed by atoms with Gasteiger partial charge in [-0.1, -0.05) is 41.9 Å². The molecule has 4 nitrogen and oxygen atoms in total. The van der Waals surface area contributed by atoms with Gasteiger partial charge >= 0.3 is 0 Å². The van der Waals surface area contributed by atoms with E-state index in [9.17, 15) is 9.18 Å². The van der Waals surface area contributed by atoms with Crippen LogP contribution in [0.3, 0.4) is 0 Å². The number of hydrogen-bond donors (Lipinski definition) is 0. The van der Waals surface area contributed by atoms with Gasteiger partial charge in [0.25, 0.3) is 5.91 Å². The van der Waals surface area contributed by atoms with Gasteiger partial charge in [-0.2, -0.15) is 0 Å². The second-order valence-corrected chi connectivity index (χ2v) is 6.34. The number of carbonyl (C=O) groups excluding carboxylic acids is 1. The van der Waals surface area contributed by atoms with Gasteiger partial charge in [0.15, 0.2) is 0 Å². The van der Waals surface area contributed by atoms with E-state index in [0.29, 0.717) is 25.2 Å². The lowest BCUT2D eigenvalue weighted by molar-refractivity contribution is 0.0708. The first-order chi connectivity index (χ1) is 12.1. The maximum atomic E-state index is 13.2. The fraction of sp³-hybridized carbons (Fsp3) is 0.158. The number of imidazole rings is 1.